The fraction of sp³-hybridized carbons (Fsp3) is 0.500. The summed E-state index contributed by atoms with van der Waals surface area (Å²) in [5.74, 6) is -0.959. The Hall–Kier alpha value is -1.66. The molecule has 20 heavy (non-hydrogen) atoms. The number of morpholine rings is 1. The minimum atomic E-state index is -0.609. The number of hydrogen-bond donors (Lipinski definition) is 2. The maximum Gasteiger partial charge on any atom is 0.256 e. The number of anilines is 1. The Morgan fingerprint density at radius 2 is 2.30 bits per heavy atom. The second-order valence-corrected chi connectivity index (χ2v) is 5.57. The molecule has 0 aromatic heterocycles. The van der Waals surface area contributed by atoms with Crippen LogP contribution in [-0.4, -0.2) is 47.3 Å². The zero-order chi connectivity index (χ0) is 14.9. The van der Waals surface area contributed by atoms with E-state index in [1.165, 1.54) is 23.1 Å². The van der Waals surface area contributed by atoms with Crippen LogP contribution in [0.2, 0.25) is 0 Å². The van der Waals surface area contributed by atoms with Crippen molar-refractivity contribution in [3.05, 3.63) is 29.6 Å². The third-order valence-corrected chi connectivity index (χ3v) is 3.26. The summed E-state index contributed by atoms with van der Waals surface area (Å²) in [4.78, 5) is 14.0. The van der Waals surface area contributed by atoms with Crippen molar-refractivity contribution in [1.29, 1.82) is 0 Å². The number of amides is 1. The van der Waals surface area contributed by atoms with Crippen molar-refractivity contribution in [2.45, 2.75) is 25.6 Å². The molecule has 1 heterocycles. The Kier molecular flexibility index (Phi) is 3.96. The van der Waals surface area contributed by atoms with Gasteiger partial charge in [-0.1, -0.05) is 6.07 Å². The number of carbonyl (C=O) groups is 1. The average Bonchev–Trinajstić information content (AvgIpc) is 2.39. The van der Waals surface area contributed by atoms with Crippen LogP contribution in [0.5, 0.6) is 0 Å². The van der Waals surface area contributed by atoms with Crippen LogP contribution in [0.3, 0.4) is 0 Å². The van der Waals surface area contributed by atoms with Gasteiger partial charge in [-0.2, -0.15) is 0 Å². The summed E-state index contributed by atoms with van der Waals surface area (Å²) in [6.07, 6.45) is -0.447. The molecular formula is C14H19FN2O3. The van der Waals surface area contributed by atoms with Gasteiger partial charge < -0.3 is 20.5 Å². The Morgan fingerprint density at radius 3 is 2.95 bits per heavy atom. The number of para-hydroxylation sites is 1. The Morgan fingerprint density at radius 1 is 1.60 bits per heavy atom. The lowest BCUT2D eigenvalue weighted by atomic mass is 10.0. The van der Waals surface area contributed by atoms with Gasteiger partial charge in [0.05, 0.1) is 29.6 Å². The summed E-state index contributed by atoms with van der Waals surface area (Å²) < 4.78 is 19.1. The lowest BCUT2D eigenvalue weighted by molar-refractivity contribution is -0.139. The van der Waals surface area contributed by atoms with E-state index >= 15 is 0 Å². The molecule has 0 radical (unpaired) electrons. The zero-order valence-corrected chi connectivity index (χ0v) is 11.6. The summed E-state index contributed by atoms with van der Waals surface area (Å²) in [7, 11) is 0. The molecule has 1 aromatic carbocycles. The third kappa shape index (κ3) is 2.91. The fourth-order valence-corrected chi connectivity index (χ4v) is 2.44. The molecule has 1 saturated heterocycles. The Balaban J connectivity index is 2.26. The highest BCUT2D eigenvalue weighted by atomic mass is 19.1. The van der Waals surface area contributed by atoms with E-state index < -0.39 is 17.5 Å². The summed E-state index contributed by atoms with van der Waals surface area (Å²) >= 11 is 0. The summed E-state index contributed by atoms with van der Waals surface area (Å²) in [5, 5.41) is 9.24. The van der Waals surface area contributed by atoms with Crippen LogP contribution in [-0.2, 0) is 4.74 Å². The highest BCUT2D eigenvalue weighted by Gasteiger charge is 2.36. The van der Waals surface area contributed by atoms with Gasteiger partial charge in [-0.25, -0.2) is 4.39 Å². The molecule has 1 fully saturated rings. The molecule has 1 aromatic rings. The van der Waals surface area contributed by atoms with E-state index in [0.717, 1.165) is 0 Å². The number of benzene rings is 1. The largest absolute Gasteiger partial charge is 0.396 e. The second kappa shape index (κ2) is 5.38. The Labute approximate surface area is 117 Å². The summed E-state index contributed by atoms with van der Waals surface area (Å²) in [5.41, 5.74) is 5.04. The SMILES string of the molecule is CC1(C)CN(C(=O)c2cccc(F)c2N)CC(CO)O1. The fourth-order valence-electron chi connectivity index (χ4n) is 2.44. The van der Waals surface area contributed by atoms with Crippen LogP contribution in [0.1, 0.15) is 24.2 Å². The van der Waals surface area contributed by atoms with E-state index in [2.05, 4.69) is 0 Å². The molecule has 5 nitrogen and oxygen atoms in total. The van der Waals surface area contributed by atoms with Crippen LogP contribution in [0.25, 0.3) is 0 Å². The number of nitrogens with two attached hydrogens (primary N) is 1. The zero-order valence-electron chi connectivity index (χ0n) is 11.6. The molecule has 1 aliphatic heterocycles. The van der Waals surface area contributed by atoms with Crippen LogP contribution in [0.4, 0.5) is 10.1 Å². The molecule has 1 aliphatic rings. The first-order chi connectivity index (χ1) is 9.34. The first-order valence-corrected chi connectivity index (χ1v) is 6.46. The van der Waals surface area contributed by atoms with Crippen molar-refractivity contribution in [2.24, 2.45) is 0 Å². The topological polar surface area (TPSA) is 75.8 Å². The molecule has 1 atom stereocenters. The van der Waals surface area contributed by atoms with Crippen LogP contribution >= 0.6 is 0 Å². The van der Waals surface area contributed by atoms with Gasteiger partial charge in [-0.3, -0.25) is 4.79 Å². The number of nitrogen functional groups attached to an aromatic ring is 1. The van der Waals surface area contributed by atoms with Gasteiger partial charge >= 0.3 is 0 Å². The number of carbonyl (C=O) groups excluding carboxylic acids is 1. The van der Waals surface area contributed by atoms with Crippen LogP contribution < -0.4 is 5.73 Å². The number of nitrogens with zero attached hydrogens (tertiary/aromatic N) is 1. The van der Waals surface area contributed by atoms with E-state index in [1.54, 1.807) is 0 Å². The number of aliphatic hydroxyl groups excluding tert-OH is 1. The quantitative estimate of drug-likeness (QED) is 0.794. The standard InChI is InChI=1S/C14H19FN2O3/c1-14(2)8-17(6-9(7-18)20-14)13(19)10-4-3-5-11(15)12(10)16/h3-5,9,18H,6-8,16H2,1-2H3. The van der Waals surface area contributed by atoms with Crippen molar-refractivity contribution in [2.75, 3.05) is 25.4 Å². The maximum absolute atomic E-state index is 13.4. The molecule has 110 valence electrons. The minimum Gasteiger partial charge on any atom is -0.396 e. The minimum absolute atomic E-state index is 0.138. The number of ether oxygens (including phenoxy) is 1. The molecule has 1 amide bonds. The lowest BCUT2D eigenvalue weighted by Gasteiger charge is -2.42. The molecule has 0 spiro atoms. The number of hydrogen-bond acceptors (Lipinski definition) is 4. The normalized spacial score (nSPS) is 21.8. The molecule has 6 heteroatoms. The van der Waals surface area contributed by atoms with E-state index in [4.69, 9.17) is 10.5 Å². The van der Waals surface area contributed by atoms with Crippen molar-refractivity contribution in [1.82, 2.24) is 4.90 Å². The molecule has 3 N–H and O–H groups in total. The number of aliphatic hydroxyl groups is 1. The predicted octanol–water partition coefficient (Wildman–Crippen LogP) is 1.02. The molecule has 2 rings (SSSR count). The number of rotatable bonds is 2. The third-order valence-electron chi connectivity index (χ3n) is 3.26. The second-order valence-electron chi connectivity index (χ2n) is 5.57. The van der Waals surface area contributed by atoms with Gasteiger partial charge in [-0.05, 0) is 26.0 Å². The van der Waals surface area contributed by atoms with Crippen LogP contribution in [0.15, 0.2) is 18.2 Å². The van der Waals surface area contributed by atoms with Crippen molar-refractivity contribution in [3.8, 4) is 0 Å². The van der Waals surface area contributed by atoms with Crippen LogP contribution in [0, 0.1) is 5.82 Å². The molecule has 1 unspecified atom stereocenters. The predicted molar refractivity (Wildman–Crippen MR) is 72.8 cm³/mol. The first kappa shape index (κ1) is 14.7. The van der Waals surface area contributed by atoms with Gasteiger partial charge in [-0.15, -0.1) is 0 Å². The van der Waals surface area contributed by atoms with Gasteiger partial charge in [0.15, 0.2) is 0 Å². The van der Waals surface area contributed by atoms with Gasteiger partial charge in [0.2, 0.25) is 0 Å². The monoisotopic (exact) mass is 282 g/mol. The van der Waals surface area contributed by atoms with E-state index in [0.29, 0.717) is 6.54 Å². The van der Waals surface area contributed by atoms with Gasteiger partial charge in [0.25, 0.3) is 5.91 Å². The van der Waals surface area contributed by atoms with Crippen molar-refractivity contribution < 1.29 is 19.0 Å². The van der Waals surface area contributed by atoms with E-state index in [1.807, 2.05) is 13.8 Å². The molecule has 0 bridgehead atoms. The van der Waals surface area contributed by atoms with Crippen molar-refractivity contribution in [3.63, 3.8) is 0 Å². The van der Waals surface area contributed by atoms with Crippen molar-refractivity contribution >= 4 is 11.6 Å². The van der Waals surface area contributed by atoms with Gasteiger partial charge in [0, 0.05) is 13.1 Å². The smallest absolute Gasteiger partial charge is 0.256 e. The summed E-state index contributed by atoms with van der Waals surface area (Å²) in [6, 6.07) is 4.16. The highest BCUT2D eigenvalue weighted by molar-refractivity contribution is 5.99. The van der Waals surface area contributed by atoms with Gasteiger partial charge in [0.1, 0.15) is 5.82 Å². The van der Waals surface area contributed by atoms with E-state index in [-0.39, 0.29) is 30.3 Å². The molecular weight excluding hydrogens is 263 g/mol. The molecule has 0 aliphatic carbocycles. The average molecular weight is 282 g/mol. The Bertz CT molecular complexity index is 519. The maximum atomic E-state index is 13.4. The highest BCUT2D eigenvalue weighted by Crippen LogP contribution is 2.24. The van der Waals surface area contributed by atoms with E-state index in [9.17, 15) is 14.3 Å². The summed E-state index contributed by atoms with van der Waals surface area (Å²) in [6.45, 7) is 4.12. The first-order valence-electron chi connectivity index (χ1n) is 6.46. The lowest BCUT2D eigenvalue weighted by Crippen LogP contribution is -2.55. The molecule has 0 saturated carbocycles. The number of halogens is 1.